The van der Waals surface area contributed by atoms with Gasteiger partial charge in [0.1, 0.15) is 5.82 Å². The minimum absolute atomic E-state index is 0.0521. The zero-order valence-electron chi connectivity index (χ0n) is 13.8. The van der Waals surface area contributed by atoms with Gasteiger partial charge in [-0.3, -0.25) is 4.79 Å². The van der Waals surface area contributed by atoms with Gasteiger partial charge in [-0.05, 0) is 30.0 Å². The number of nitrogens with one attached hydrogen (secondary N) is 1. The predicted octanol–water partition coefficient (Wildman–Crippen LogP) is 2.22. The first-order valence-corrected chi connectivity index (χ1v) is 9.45. The molecule has 2 aromatic rings. The van der Waals surface area contributed by atoms with Gasteiger partial charge < -0.3 is 16.0 Å². The molecule has 2 saturated heterocycles. The Morgan fingerprint density at radius 3 is 3.08 bits per heavy atom. The summed E-state index contributed by atoms with van der Waals surface area (Å²) in [7, 11) is 0. The number of fused-ring (bicyclic) bond motifs is 1. The fourth-order valence-electron chi connectivity index (χ4n) is 4.11. The van der Waals surface area contributed by atoms with Crippen molar-refractivity contribution in [1.82, 2.24) is 15.2 Å². The molecule has 3 N–H and O–H groups in total. The molecular weight excluding hydrogens is 339 g/mol. The van der Waals surface area contributed by atoms with Gasteiger partial charge in [-0.1, -0.05) is 12.1 Å². The smallest absolute Gasteiger partial charge is 0.223 e. The topological polar surface area (TPSA) is 71.2 Å². The monoisotopic (exact) mass is 360 g/mol. The van der Waals surface area contributed by atoms with E-state index < -0.39 is 0 Å². The van der Waals surface area contributed by atoms with Crippen molar-refractivity contribution in [1.29, 1.82) is 0 Å². The number of carbonyl (C=O) groups is 1. The number of rotatable bonds is 4. The van der Waals surface area contributed by atoms with E-state index in [0.29, 0.717) is 29.8 Å². The number of amides is 1. The zero-order valence-corrected chi connectivity index (χ0v) is 14.6. The van der Waals surface area contributed by atoms with Crippen molar-refractivity contribution in [3.63, 3.8) is 0 Å². The minimum atomic E-state index is -0.253. The van der Waals surface area contributed by atoms with E-state index in [1.54, 1.807) is 12.1 Å². The lowest BCUT2D eigenvalue weighted by Crippen LogP contribution is -2.34. The lowest BCUT2D eigenvalue weighted by molar-refractivity contribution is -0.132. The maximum atomic E-state index is 13.7. The fourth-order valence-corrected chi connectivity index (χ4v) is 4.71. The highest BCUT2D eigenvalue weighted by atomic mass is 32.1. The Kier molecular flexibility index (Phi) is 4.43. The zero-order chi connectivity index (χ0) is 17.4. The molecule has 0 unspecified atom stereocenters. The van der Waals surface area contributed by atoms with Crippen LogP contribution in [0.5, 0.6) is 0 Å². The van der Waals surface area contributed by atoms with E-state index in [1.807, 2.05) is 16.3 Å². The molecule has 0 aliphatic carbocycles. The van der Waals surface area contributed by atoms with Gasteiger partial charge in [0.05, 0.1) is 11.7 Å². The molecule has 4 rings (SSSR count). The number of benzene rings is 1. The summed E-state index contributed by atoms with van der Waals surface area (Å²) in [6.45, 7) is 2.53. The Labute approximate surface area is 150 Å². The fraction of sp³-hybridized carbons (Fsp3) is 0.444. The Bertz CT molecular complexity index is 780. The van der Waals surface area contributed by atoms with Crippen molar-refractivity contribution >= 4 is 22.4 Å². The second-order valence-electron chi connectivity index (χ2n) is 6.81. The van der Waals surface area contributed by atoms with Crippen molar-refractivity contribution < 1.29 is 9.18 Å². The van der Waals surface area contributed by atoms with Gasteiger partial charge in [0, 0.05) is 37.4 Å². The summed E-state index contributed by atoms with van der Waals surface area (Å²) < 4.78 is 13.7. The lowest BCUT2D eigenvalue weighted by Gasteiger charge is -2.28. The Morgan fingerprint density at radius 1 is 1.44 bits per heavy atom. The van der Waals surface area contributed by atoms with Crippen LogP contribution in [0.3, 0.4) is 0 Å². The van der Waals surface area contributed by atoms with Crippen LogP contribution in [0.15, 0.2) is 29.6 Å². The Hall–Kier alpha value is -1.99. The van der Waals surface area contributed by atoms with Crippen molar-refractivity contribution in [2.45, 2.75) is 18.9 Å². The van der Waals surface area contributed by atoms with Gasteiger partial charge in [0.15, 0.2) is 5.13 Å². The number of anilines is 1. The largest absolute Gasteiger partial charge is 0.375 e. The van der Waals surface area contributed by atoms with Crippen LogP contribution in [0.25, 0.3) is 0 Å². The van der Waals surface area contributed by atoms with E-state index >= 15 is 0 Å². The average Bonchev–Trinajstić information content (AvgIpc) is 3.27. The summed E-state index contributed by atoms with van der Waals surface area (Å²) in [5.74, 6) is 0.639. The number of carbonyl (C=O) groups excluding carboxylic acids is 1. The van der Waals surface area contributed by atoms with E-state index in [1.165, 1.54) is 17.4 Å². The van der Waals surface area contributed by atoms with E-state index in [2.05, 4.69) is 10.3 Å². The van der Waals surface area contributed by atoms with Gasteiger partial charge in [0.2, 0.25) is 5.91 Å². The molecule has 0 saturated carbocycles. The predicted molar refractivity (Wildman–Crippen MR) is 95.6 cm³/mol. The summed E-state index contributed by atoms with van der Waals surface area (Å²) in [5.41, 5.74) is 7.40. The molecule has 3 heterocycles. The first-order valence-electron chi connectivity index (χ1n) is 8.57. The van der Waals surface area contributed by atoms with Crippen LogP contribution in [0.1, 0.15) is 23.7 Å². The number of halogens is 1. The van der Waals surface area contributed by atoms with Crippen LogP contribution in [0.4, 0.5) is 9.52 Å². The Balaban J connectivity index is 1.53. The number of nitrogen functional groups attached to an aromatic ring is 1. The van der Waals surface area contributed by atoms with Gasteiger partial charge in [-0.2, -0.15) is 0 Å². The maximum absolute atomic E-state index is 13.7. The molecule has 1 aromatic carbocycles. The van der Waals surface area contributed by atoms with E-state index in [9.17, 15) is 9.18 Å². The van der Waals surface area contributed by atoms with E-state index in [-0.39, 0.29) is 17.8 Å². The standard InChI is InChI=1S/C18H21FN4OS/c19-13-3-1-2-11(6-13)17-15-8-21-7-12(15)9-23(17)16(24)5-4-14-10-25-18(20)22-14/h1-3,6,10,12,15,17,21H,4-5,7-9H2,(H2,20,22)/t12-,15-,17-/m0/s1. The summed E-state index contributed by atoms with van der Waals surface area (Å²) in [6, 6.07) is 6.61. The summed E-state index contributed by atoms with van der Waals surface area (Å²) in [6.07, 6.45) is 0.994. The van der Waals surface area contributed by atoms with Crippen LogP contribution in [0, 0.1) is 17.7 Å². The van der Waals surface area contributed by atoms with Crippen LogP contribution in [0.2, 0.25) is 0 Å². The lowest BCUT2D eigenvalue weighted by atomic mass is 9.89. The van der Waals surface area contributed by atoms with Crippen molar-refractivity contribution in [3.05, 3.63) is 46.7 Å². The third-order valence-electron chi connectivity index (χ3n) is 5.24. The number of hydrogen-bond donors (Lipinski definition) is 2. The number of nitrogens with two attached hydrogens (primary N) is 1. The quantitative estimate of drug-likeness (QED) is 0.877. The highest BCUT2D eigenvalue weighted by Crippen LogP contribution is 2.43. The summed E-state index contributed by atoms with van der Waals surface area (Å²) in [5, 5.41) is 5.83. The number of nitrogens with zero attached hydrogens (tertiary/aromatic N) is 2. The molecular formula is C18H21FN4OS. The number of likely N-dealkylation sites (tertiary alicyclic amines) is 1. The highest BCUT2D eigenvalue weighted by Gasteiger charge is 2.46. The summed E-state index contributed by atoms with van der Waals surface area (Å²) >= 11 is 1.39. The number of thiazole rings is 1. The third-order valence-corrected chi connectivity index (χ3v) is 5.96. The minimum Gasteiger partial charge on any atom is -0.375 e. The molecule has 1 aromatic heterocycles. The van der Waals surface area contributed by atoms with Gasteiger partial charge in [0.25, 0.3) is 0 Å². The third kappa shape index (κ3) is 3.26. The first kappa shape index (κ1) is 16.5. The SMILES string of the molecule is Nc1nc(CCC(=O)N2C[C@@H]3CNC[C@@H]3[C@@H]2c2cccc(F)c2)cs1. The van der Waals surface area contributed by atoms with Crippen LogP contribution in [-0.2, 0) is 11.2 Å². The van der Waals surface area contributed by atoms with Crippen LogP contribution < -0.4 is 11.1 Å². The normalized spacial score (nSPS) is 25.3. The molecule has 0 spiro atoms. The van der Waals surface area contributed by atoms with Crippen LogP contribution in [-0.4, -0.2) is 35.4 Å². The molecule has 7 heteroatoms. The molecule has 2 aliphatic heterocycles. The first-order chi connectivity index (χ1) is 12.1. The number of hydrogen-bond acceptors (Lipinski definition) is 5. The van der Waals surface area contributed by atoms with Crippen molar-refractivity contribution in [2.75, 3.05) is 25.4 Å². The molecule has 3 atom stereocenters. The summed E-state index contributed by atoms with van der Waals surface area (Å²) in [4.78, 5) is 19.0. The van der Waals surface area contributed by atoms with Gasteiger partial charge in [-0.15, -0.1) is 11.3 Å². The van der Waals surface area contributed by atoms with Crippen molar-refractivity contribution in [3.8, 4) is 0 Å². The molecule has 5 nitrogen and oxygen atoms in total. The second kappa shape index (κ2) is 6.72. The van der Waals surface area contributed by atoms with Crippen LogP contribution >= 0.6 is 11.3 Å². The Morgan fingerprint density at radius 2 is 2.32 bits per heavy atom. The number of aryl methyl sites for hydroxylation is 1. The molecule has 25 heavy (non-hydrogen) atoms. The molecule has 1 amide bonds. The average molecular weight is 360 g/mol. The van der Waals surface area contributed by atoms with Gasteiger partial charge in [-0.25, -0.2) is 9.37 Å². The molecule has 132 valence electrons. The van der Waals surface area contributed by atoms with E-state index in [0.717, 1.165) is 30.9 Å². The highest BCUT2D eigenvalue weighted by molar-refractivity contribution is 7.13. The molecule has 0 radical (unpaired) electrons. The molecule has 0 bridgehead atoms. The molecule has 2 aliphatic rings. The van der Waals surface area contributed by atoms with Gasteiger partial charge >= 0.3 is 0 Å². The van der Waals surface area contributed by atoms with Crippen molar-refractivity contribution in [2.24, 2.45) is 11.8 Å². The second-order valence-corrected chi connectivity index (χ2v) is 7.69. The van der Waals surface area contributed by atoms with E-state index in [4.69, 9.17) is 5.73 Å². The number of aromatic nitrogens is 1. The maximum Gasteiger partial charge on any atom is 0.223 e. The molecule has 2 fully saturated rings.